The number of anilines is 1. The van der Waals surface area contributed by atoms with Crippen molar-refractivity contribution in [1.82, 2.24) is 20.1 Å². The molecule has 1 aromatic carbocycles. The van der Waals surface area contributed by atoms with Gasteiger partial charge in [-0.2, -0.15) is 0 Å². The van der Waals surface area contributed by atoms with Gasteiger partial charge in [-0.1, -0.05) is 6.07 Å². The largest absolute Gasteiger partial charge is 0.481 e. The average molecular weight is 543 g/mol. The smallest absolute Gasteiger partial charge is 0.337 e. The van der Waals surface area contributed by atoms with Crippen LogP contribution < -0.4 is 10.2 Å². The van der Waals surface area contributed by atoms with Crippen molar-refractivity contribution in [3.05, 3.63) is 57.4 Å². The predicted molar refractivity (Wildman–Crippen MR) is 138 cm³/mol. The second-order valence-electron chi connectivity index (χ2n) is 9.23. The number of nitrogens with one attached hydrogen (secondary N) is 1. The molecule has 2 saturated heterocycles. The molecule has 200 valence electrons. The van der Waals surface area contributed by atoms with Crippen molar-refractivity contribution in [2.75, 3.05) is 51.3 Å². The van der Waals surface area contributed by atoms with E-state index in [0.717, 1.165) is 5.01 Å². The normalized spacial score (nSPS) is 19.8. The van der Waals surface area contributed by atoms with Gasteiger partial charge in [-0.15, -0.1) is 11.3 Å². The maximum atomic E-state index is 14.9. The molecule has 38 heavy (non-hydrogen) atoms. The van der Waals surface area contributed by atoms with E-state index in [1.165, 1.54) is 29.4 Å². The van der Waals surface area contributed by atoms with Crippen LogP contribution in [0.3, 0.4) is 0 Å². The van der Waals surface area contributed by atoms with Crippen molar-refractivity contribution in [3.8, 4) is 0 Å². The summed E-state index contributed by atoms with van der Waals surface area (Å²) in [5.41, 5.74) is 1.89. The fourth-order valence-electron chi connectivity index (χ4n) is 4.94. The molecule has 1 atom stereocenters. The molecule has 0 radical (unpaired) electrons. The van der Waals surface area contributed by atoms with E-state index in [2.05, 4.69) is 20.2 Å². The van der Waals surface area contributed by atoms with Crippen molar-refractivity contribution < 1.29 is 28.6 Å². The standard InChI is InChI=1S/C25H27FN6O5S/c1-37-24(35)17-11-28-22(23-27-6-9-38-23)29-19(17)14-30-7-8-31-16(12-30)13-32(25(31)36)20-4-2-15(10-18(20)26)3-5-21(33)34/h2,4,6,9-10,16H,3,5,7-8,11-14H2,1H3,(H,28,29)(H,33,34). The minimum absolute atomic E-state index is 0.0900. The monoisotopic (exact) mass is 542 g/mol. The Morgan fingerprint density at radius 3 is 2.84 bits per heavy atom. The number of rotatable bonds is 8. The minimum Gasteiger partial charge on any atom is -0.481 e. The summed E-state index contributed by atoms with van der Waals surface area (Å²) in [4.78, 5) is 50.5. The van der Waals surface area contributed by atoms with E-state index in [0.29, 0.717) is 55.4 Å². The highest BCUT2D eigenvalue weighted by Crippen LogP contribution is 2.29. The second-order valence-corrected chi connectivity index (χ2v) is 10.1. The van der Waals surface area contributed by atoms with Gasteiger partial charge in [0.2, 0.25) is 0 Å². The number of carbonyl (C=O) groups excluding carboxylic acids is 2. The highest BCUT2D eigenvalue weighted by Gasteiger charge is 2.42. The van der Waals surface area contributed by atoms with Crippen LogP contribution in [0.15, 0.2) is 46.0 Å². The molecule has 13 heteroatoms. The van der Waals surface area contributed by atoms with Crippen LogP contribution in [0.1, 0.15) is 17.0 Å². The number of aromatic nitrogens is 1. The van der Waals surface area contributed by atoms with Crippen LogP contribution in [0.5, 0.6) is 0 Å². The van der Waals surface area contributed by atoms with Gasteiger partial charge in [-0.3, -0.25) is 19.6 Å². The van der Waals surface area contributed by atoms with Gasteiger partial charge in [0, 0.05) is 56.4 Å². The van der Waals surface area contributed by atoms with Gasteiger partial charge in [0.15, 0.2) is 10.8 Å². The summed E-state index contributed by atoms with van der Waals surface area (Å²) in [6, 6.07) is 4.09. The number of aliphatic carboxylic acids is 1. The Labute approximate surface area is 222 Å². The Hall–Kier alpha value is -3.84. The minimum atomic E-state index is -0.949. The number of benzene rings is 1. The first-order valence-corrected chi connectivity index (χ1v) is 13.0. The molecule has 3 aliphatic heterocycles. The quantitative estimate of drug-likeness (QED) is 0.483. The van der Waals surface area contributed by atoms with Crippen molar-refractivity contribution in [2.24, 2.45) is 4.99 Å². The summed E-state index contributed by atoms with van der Waals surface area (Å²) in [6.45, 7) is 2.52. The van der Waals surface area contributed by atoms with Gasteiger partial charge in [-0.25, -0.2) is 19.0 Å². The summed E-state index contributed by atoms with van der Waals surface area (Å²) in [5, 5.41) is 14.7. The van der Waals surface area contributed by atoms with Crippen molar-refractivity contribution in [3.63, 3.8) is 0 Å². The molecule has 2 N–H and O–H groups in total. The Morgan fingerprint density at radius 2 is 2.13 bits per heavy atom. The van der Waals surface area contributed by atoms with Crippen LogP contribution in [0.2, 0.25) is 0 Å². The van der Waals surface area contributed by atoms with Gasteiger partial charge in [-0.05, 0) is 24.1 Å². The van der Waals surface area contributed by atoms with E-state index in [1.54, 1.807) is 23.2 Å². The number of fused-ring (bicyclic) bond motifs is 1. The van der Waals surface area contributed by atoms with Gasteiger partial charge < -0.3 is 20.1 Å². The van der Waals surface area contributed by atoms with Gasteiger partial charge in [0.05, 0.1) is 31.0 Å². The fraction of sp³-hybridized carbons (Fsp3) is 0.400. The number of thiazole rings is 1. The molecule has 2 amide bonds. The molecule has 11 nitrogen and oxygen atoms in total. The lowest BCUT2D eigenvalue weighted by Crippen LogP contribution is -2.53. The van der Waals surface area contributed by atoms with E-state index in [1.807, 2.05) is 5.38 Å². The number of carboxylic acid groups (broad SMARTS) is 1. The summed E-state index contributed by atoms with van der Waals surface area (Å²) in [6.07, 6.45) is 1.82. The van der Waals surface area contributed by atoms with Crippen LogP contribution >= 0.6 is 11.3 Å². The Morgan fingerprint density at radius 1 is 1.29 bits per heavy atom. The highest BCUT2D eigenvalue weighted by molar-refractivity contribution is 7.11. The Kier molecular flexibility index (Phi) is 7.38. The topological polar surface area (TPSA) is 128 Å². The third-order valence-corrected chi connectivity index (χ3v) is 7.62. The Balaban J connectivity index is 1.27. The summed E-state index contributed by atoms with van der Waals surface area (Å²) in [5.74, 6) is -1.34. The number of esters is 1. The molecule has 3 aliphatic rings. The number of aliphatic imine (C=N–C) groups is 1. The molecule has 5 rings (SSSR count). The van der Waals surface area contributed by atoms with E-state index in [4.69, 9.17) is 9.84 Å². The molecule has 0 bridgehead atoms. The van der Waals surface area contributed by atoms with E-state index in [-0.39, 0.29) is 37.1 Å². The third kappa shape index (κ3) is 5.24. The lowest BCUT2D eigenvalue weighted by atomic mass is 10.1. The van der Waals surface area contributed by atoms with Gasteiger partial charge in [0.25, 0.3) is 0 Å². The van der Waals surface area contributed by atoms with Crippen LogP contribution in [0.4, 0.5) is 14.9 Å². The molecule has 1 aromatic heterocycles. The number of nitrogens with zero attached hydrogens (tertiary/aromatic N) is 5. The van der Waals surface area contributed by atoms with Gasteiger partial charge >= 0.3 is 18.0 Å². The maximum Gasteiger partial charge on any atom is 0.337 e. The zero-order valence-corrected chi connectivity index (χ0v) is 21.5. The summed E-state index contributed by atoms with van der Waals surface area (Å²) in [7, 11) is 1.34. The van der Waals surface area contributed by atoms with Crippen LogP contribution in [-0.4, -0.2) is 96.1 Å². The van der Waals surface area contributed by atoms with Gasteiger partial charge in [0.1, 0.15) is 5.82 Å². The molecule has 0 spiro atoms. The zero-order chi connectivity index (χ0) is 26.8. The number of halogens is 1. The van der Waals surface area contributed by atoms with Crippen LogP contribution in [0.25, 0.3) is 0 Å². The summed E-state index contributed by atoms with van der Waals surface area (Å²) >= 11 is 1.45. The number of urea groups is 1. The van der Waals surface area contributed by atoms with Crippen molar-refractivity contribution >= 4 is 40.8 Å². The van der Waals surface area contributed by atoms with E-state index < -0.39 is 17.8 Å². The number of amides is 2. The van der Waals surface area contributed by atoms with Crippen molar-refractivity contribution in [2.45, 2.75) is 18.9 Å². The number of aryl methyl sites for hydroxylation is 1. The SMILES string of the molecule is COC(=O)C1=C(CN2CCN3C(=O)N(c4ccc(CCC(=O)O)cc4F)CC3C2)NC(c2nccs2)=NC1. The third-order valence-electron chi connectivity index (χ3n) is 6.84. The first kappa shape index (κ1) is 25.8. The molecule has 0 saturated carbocycles. The first-order chi connectivity index (χ1) is 18.3. The first-order valence-electron chi connectivity index (χ1n) is 12.2. The van der Waals surface area contributed by atoms with Crippen molar-refractivity contribution in [1.29, 1.82) is 0 Å². The van der Waals surface area contributed by atoms with E-state index in [9.17, 15) is 18.8 Å². The number of piperazine rings is 1. The molecule has 0 aliphatic carbocycles. The van der Waals surface area contributed by atoms with Crippen LogP contribution in [0, 0.1) is 5.82 Å². The number of hydrogen-bond acceptors (Lipinski definition) is 9. The fourth-order valence-corrected chi connectivity index (χ4v) is 5.53. The number of carboxylic acids is 1. The zero-order valence-electron chi connectivity index (χ0n) is 20.7. The molecular formula is C25H27FN6O5S. The number of carbonyl (C=O) groups is 3. The molecule has 2 aromatic rings. The average Bonchev–Trinajstić information content (AvgIpc) is 3.56. The second kappa shape index (κ2) is 10.9. The highest BCUT2D eigenvalue weighted by atomic mass is 32.1. The number of hydrogen-bond donors (Lipinski definition) is 2. The van der Waals surface area contributed by atoms with E-state index >= 15 is 0 Å². The summed E-state index contributed by atoms with van der Waals surface area (Å²) < 4.78 is 19.9. The number of ether oxygens (including phenoxy) is 1. The predicted octanol–water partition coefficient (Wildman–Crippen LogP) is 1.70. The molecular weight excluding hydrogens is 515 g/mol. The molecule has 1 unspecified atom stereocenters. The molecule has 4 heterocycles. The Bertz CT molecular complexity index is 1310. The lowest BCUT2D eigenvalue weighted by Gasteiger charge is -2.37. The maximum absolute atomic E-state index is 14.9. The lowest BCUT2D eigenvalue weighted by molar-refractivity contribution is -0.137. The van der Waals surface area contributed by atoms with Crippen LogP contribution in [-0.2, 0) is 20.7 Å². The number of amidine groups is 1. The number of methoxy groups -OCH3 is 1. The molecule has 2 fully saturated rings.